The highest BCUT2D eigenvalue weighted by atomic mass is 19.1. The molecule has 0 spiro atoms. The Morgan fingerprint density at radius 1 is 1.12 bits per heavy atom. The molecule has 0 fully saturated rings. The van der Waals surface area contributed by atoms with Crippen LogP contribution in [0.2, 0.25) is 0 Å². The number of tetrazole rings is 1. The lowest BCUT2D eigenvalue weighted by atomic mass is 10.1. The minimum absolute atomic E-state index is 0.0720. The highest BCUT2D eigenvalue weighted by molar-refractivity contribution is 5.90. The lowest BCUT2D eigenvalue weighted by Crippen LogP contribution is -2.20. The molecular weight excluding hydrogens is 309 g/mol. The molecule has 7 heteroatoms. The van der Waals surface area contributed by atoms with Crippen LogP contribution in [0.4, 0.5) is 10.1 Å². The molecule has 0 aliphatic heterocycles. The number of benzene rings is 2. The molecule has 0 atom stereocenters. The topological polar surface area (TPSA) is 72.7 Å². The summed E-state index contributed by atoms with van der Waals surface area (Å²) in [6.45, 7) is 2.01. The summed E-state index contributed by atoms with van der Waals surface area (Å²) < 4.78 is 12.8. The zero-order chi connectivity index (χ0) is 16.9. The van der Waals surface area contributed by atoms with Gasteiger partial charge >= 0.3 is 0 Å². The Bertz CT molecular complexity index is 827. The standard InChI is InChI=1S/C17H16FN5O/c1-2-12-3-5-13(6-4-12)17-20-22-23(21-17)11-16(24)19-15-9-7-14(18)8-10-15/h3-10H,2,11H2,1H3,(H,19,24). The molecule has 0 unspecified atom stereocenters. The number of hydrogen-bond acceptors (Lipinski definition) is 4. The maximum Gasteiger partial charge on any atom is 0.248 e. The maximum atomic E-state index is 12.8. The van der Waals surface area contributed by atoms with E-state index in [1.165, 1.54) is 34.6 Å². The normalized spacial score (nSPS) is 10.6. The largest absolute Gasteiger partial charge is 0.324 e. The first-order valence-corrected chi connectivity index (χ1v) is 7.56. The van der Waals surface area contributed by atoms with E-state index < -0.39 is 0 Å². The van der Waals surface area contributed by atoms with Crippen molar-refractivity contribution in [1.82, 2.24) is 20.2 Å². The van der Waals surface area contributed by atoms with E-state index in [0.29, 0.717) is 11.5 Å². The Kier molecular flexibility index (Phi) is 4.60. The molecule has 3 aromatic rings. The predicted molar refractivity (Wildman–Crippen MR) is 87.7 cm³/mol. The minimum Gasteiger partial charge on any atom is -0.324 e. The zero-order valence-electron chi connectivity index (χ0n) is 13.1. The molecule has 122 valence electrons. The molecule has 6 nitrogen and oxygen atoms in total. The second-order valence-corrected chi connectivity index (χ2v) is 5.25. The van der Waals surface area contributed by atoms with Crippen LogP contribution in [-0.4, -0.2) is 26.1 Å². The van der Waals surface area contributed by atoms with E-state index in [-0.39, 0.29) is 18.3 Å². The van der Waals surface area contributed by atoms with Gasteiger partial charge in [0.15, 0.2) is 0 Å². The molecule has 0 radical (unpaired) electrons. The van der Waals surface area contributed by atoms with E-state index in [4.69, 9.17) is 0 Å². The molecule has 0 bridgehead atoms. The van der Waals surface area contributed by atoms with Crippen LogP contribution in [0.25, 0.3) is 11.4 Å². The number of anilines is 1. The van der Waals surface area contributed by atoms with Crippen LogP contribution in [0, 0.1) is 5.82 Å². The van der Waals surface area contributed by atoms with Crippen molar-refractivity contribution in [3.05, 3.63) is 59.9 Å². The Morgan fingerprint density at radius 3 is 2.50 bits per heavy atom. The van der Waals surface area contributed by atoms with Gasteiger partial charge in [-0.1, -0.05) is 31.2 Å². The number of aryl methyl sites for hydroxylation is 1. The van der Waals surface area contributed by atoms with Crippen LogP contribution in [0.1, 0.15) is 12.5 Å². The molecule has 0 saturated carbocycles. The van der Waals surface area contributed by atoms with Gasteiger partial charge in [0.2, 0.25) is 11.7 Å². The van der Waals surface area contributed by atoms with E-state index in [0.717, 1.165) is 12.0 Å². The highest BCUT2D eigenvalue weighted by Crippen LogP contribution is 2.14. The Morgan fingerprint density at radius 2 is 1.83 bits per heavy atom. The quantitative estimate of drug-likeness (QED) is 0.783. The third-order valence-corrected chi connectivity index (χ3v) is 3.49. The average molecular weight is 325 g/mol. The lowest BCUT2D eigenvalue weighted by Gasteiger charge is -2.03. The molecule has 1 amide bonds. The van der Waals surface area contributed by atoms with Crippen LogP contribution in [0.3, 0.4) is 0 Å². The second kappa shape index (κ2) is 6.99. The third kappa shape index (κ3) is 3.81. The molecule has 3 rings (SSSR count). The number of carbonyl (C=O) groups excluding carboxylic acids is 1. The van der Waals surface area contributed by atoms with Crippen LogP contribution in [-0.2, 0) is 17.8 Å². The van der Waals surface area contributed by atoms with Gasteiger partial charge in [-0.25, -0.2) is 4.39 Å². The van der Waals surface area contributed by atoms with Crippen molar-refractivity contribution in [2.75, 3.05) is 5.32 Å². The van der Waals surface area contributed by atoms with Crippen molar-refractivity contribution in [2.45, 2.75) is 19.9 Å². The summed E-state index contributed by atoms with van der Waals surface area (Å²) in [5.74, 6) is -0.205. The minimum atomic E-state index is -0.357. The van der Waals surface area contributed by atoms with Gasteiger partial charge in [0.05, 0.1) is 0 Å². The number of hydrogen-bond donors (Lipinski definition) is 1. The summed E-state index contributed by atoms with van der Waals surface area (Å²) in [7, 11) is 0. The predicted octanol–water partition coefficient (Wildman–Crippen LogP) is 2.68. The Balaban J connectivity index is 1.64. The van der Waals surface area contributed by atoms with Crippen LogP contribution in [0.5, 0.6) is 0 Å². The van der Waals surface area contributed by atoms with Gasteiger partial charge < -0.3 is 5.32 Å². The number of aromatic nitrogens is 4. The van der Waals surface area contributed by atoms with Gasteiger partial charge in [0.25, 0.3) is 0 Å². The summed E-state index contributed by atoms with van der Waals surface area (Å²) in [4.78, 5) is 13.2. The molecule has 1 aromatic heterocycles. The molecule has 0 saturated heterocycles. The fraction of sp³-hybridized carbons (Fsp3) is 0.176. The first-order valence-electron chi connectivity index (χ1n) is 7.56. The SMILES string of the molecule is CCc1ccc(-c2nnn(CC(=O)Nc3ccc(F)cc3)n2)cc1. The Hall–Kier alpha value is -3.09. The summed E-state index contributed by atoms with van der Waals surface area (Å²) >= 11 is 0. The van der Waals surface area contributed by atoms with Gasteiger partial charge in [0.1, 0.15) is 12.4 Å². The van der Waals surface area contributed by atoms with Crippen molar-refractivity contribution in [3.8, 4) is 11.4 Å². The van der Waals surface area contributed by atoms with Crippen LogP contribution >= 0.6 is 0 Å². The van der Waals surface area contributed by atoms with Gasteiger partial charge in [0, 0.05) is 11.3 Å². The molecule has 1 heterocycles. The fourth-order valence-electron chi connectivity index (χ4n) is 2.18. The van der Waals surface area contributed by atoms with E-state index in [1.54, 1.807) is 0 Å². The van der Waals surface area contributed by atoms with Crippen molar-refractivity contribution >= 4 is 11.6 Å². The van der Waals surface area contributed by atoms with Crippen LogP contribution in [0.15, 0.2) is 48.5 Å². The Labute approximate surface area is 138 Å². The van der Waals surface area contributed by atoms with E-state index in [2.05, 4.69) is 27.7 Å². The van der Waals surface area contributed by atoms with Gasteiger partial charge in [-0.15, -0.1) is 10.2 Å². The van der Waals surface area contributed by atoms with Crippen molar-refractivity contribution in [3.63, 3.8) is 0 Å². The number of carbonyl (C=O) groups is 1. The van der Waals surface area contributed by atoms with E-state index in [1.807, 2.05) is 24.3 Å². The fourth-order valence-corrected chi connectivity index (χ4v) is 2.18. The number of halogens is 1. The number of nitrogens with zero attached hydrogens (tertiary/aromatic N) is 4. The van der Waals surface area contributed by atoms with E-state index in [9.17, 15) is 9.18 Å². The van der Waals surface area contributed by atoms with Gasteiger partial charge in [-0.3, -0.25) is 4.79 Å². The lowest BCUT2D eigenvalue weighted by molar-refractivity contribution is -0.117. The second-order valence-electron chi connectivity index (χ2n) is 5.25. The smallest absolute Gasteiger partial charge is 0.248 e. The molecular formula is C17H16FN5O. The van der Waals surface area contributed by atoms with Crippen molar-refractivity contribution in [1.29, 1.82) is 0 Å². The van der Waals surface area contributed by atoms with Crippen molar-refractivity contribution in [2.24, 2.45) is 0 Å². The molecule has 2 aromatic carbocycles. The molecule has 24 heavy (non-hydrogen) atoms. The number of amides is 1. The maximum absolute atomic E-state index is 12.8. The summed E-state index contributed by atoms with van der Waals surface area (Å²) in [5, 5.41) is 14.7. The van der Waals surface area contributed by atoms with Gasteiger partial charge in [-0.2, -0.15) is 4.80 Å². The summed E-state index contributed by atoms with van der Waals surface area (Å²) in [6, 6.07) is 13.4. The van der Waals surface area contributed by atoms with Crippen LogP contribution < -0.4 is 5.32 Å². The van der Waals surface area contributed by atoms with E-state index >= 15 is 0 Å². The summed E-state index contributed by atoms with van der Waals surface area (Å²) in [6.07, 6.45) is 0.962. The van der Waals surface area contributed by atoms with Crippen molar-refractivity contribution < 1.29 is 9.18 Å². The monoisotopic (exact) mass is 325 g/mol. The average Bonchev–Trinajstić information content (AvgIpc) is 3.05. The van der Waals surface area contributed by atoms with Gasteiger partial charge in [-0.05, 0) is 41.5 Å². The zero-order valence-corrected chi connectivity index (χ0v) is 13.1. The first-order chi connectivity index (χ1) is 11.6. The molecule has 0 aliphatic rings. The number of rotatable bonds is 5. The molecule has 0 aliphatic carbocycles. The highest BCUT2D eigenvalue weighted by Gasteiger charge is 2.09. The molecule has 1 N–H and O–H groups in total. The first kappa shape index (κ1) is 15.8. The number of nitrogens with one attached hydrogen (secondary N) is 1. The summed E-state index contributed by atoms with van der Waals surface area (Å²) in [5.41, 5.74) is 2.58. The third-order valence-electron chi connectivity index (χ3n) is 3.49.